The van der Waals surface area contributed by atoms with Gasteiger partial charge in [-0.15, -0.1) is 0 Å². The zero-order chi connectivity index (χ0) is 22.8. The number of halogens is 1. The smallest absolute Gasteiger partial charge is 0.352 e. The molecule has 0 fully saturated rings. The molecule has 7 nitrogen and oxygen atoms in total. The summed E-state index contributed by atoms with van der Waals surface area (Å²) in [6, 6.07) is 17.5. The van der Waals surface area contributed by atoms with Crippen LogP contribution in [0.4, 0.5) is 4.39 Å². The van der Waals surface area contributed by atoms with Gasteiger partial charge in [-0.3, -0.25) is 9.59 Å². The molecule has 3 aromatic carbocycles. The van der Waals surface area contributed by atoms with Gasteiger partial charge in [0, 0.05) is 23.0 Å². The van der Waals surface area contributed by atoms with Crippen LogP contribution < -0.4 is 11.1 Å². The first kappa shape index (κ1) is 21.0. The van der Waals surface area contributed by atoms with E-state index >= 15 is 0 Å². The van der Waals surface area contributed by atoms with Crippen molar-refractivity contribution in [1.82, 2.24) is 9.88 Å². The summed E-state index contributed by atoms with van der Waals surface area (Å²) < 4.78 is 15.6. The SMILES string of the molecule is NC(=O)CNC(=O)Cc1c(C(=O)O)n(Cc2cccc3ccccc23)c2ccc(F)cc12. The van der Waals surface area contributed by atoms with Crippen LogP contribution in [0.15, 0.2) is 60.7 Å². The number of primary amides is 1. The van der Waals surface area contributed by atoms with Gasteiger partial charge in [0.15, 0.2) is 0 Å². The first-order chi connectivity index (χ1) is 15.3. The van der Waals surface area contributed by atoms with Crippen molar-refractivity contribution in [2.45, 2.75) is 13.0 Å². The highest BCUT2D eigenvalue weighted by Crippen LogP contribution is 2.30. The van der Waals surface area contributed by atoms with Crippen LogP contribution in [0.25, 0.3) is 21.7 Å². The number of hydrogen-bond acceptors (Lipinski definition) is 3. The minimum atomic E-state index is -1.24. The van der Waals surface area contributed by atoms with Crippen molar-refractivity contribution >= 4 is 39.5 Å². The number of rotatable bonds is 7. The lowest BCUT2D eigenvalue weighted by Gasteiger charge is -2.12. The summed E-state index contributed by atoms with van der Waals surface area (Å²) in [4.78, 5) is 35.6. The maximum Gasteiger partial charge on any atom is 0.352 e. The van der Waals surface area contributed by atoms with E-state index in [9.17, 15) is 23.9 Å². The van der Waals surface area contributed by atoms with Crippen molar-refractivity contribution in [3.63, 3.8) is 0 Å². The highest BCUT2D eigenvalue weighted by Gasteiger charge is 2.25. The van der Waals surface area contributed by atoms with Gasteiger partial charge in [0.25, 0.3) is 0 Å². The number of amides is 2. The number of carboxylic acids is 1. The molecule has 0 aliphatic carbocycles. The fraction of sp³-hybridized carbons (Fsp3) is 0.125. The van der Waals surface area contributed by atoms with E-state index in [1.165, 1.54) is 18.2 Å². The molecular formula is C24H20FN3O4. The molecule has 0 bridgehead atoms. The Bertz CT molecular complexity index is 1370. The molecule has 162 valence electrons. The molecular weight excluding hydrogens is 413 g/mol. The quantitative estimate of drug-likeness (QED) is 0.416. The third-order valence-electron chi connectivity index (χ3n) is 5.34. The molecule has 0 saturated carbocycles. The van der Waals surface area contributed by atoms with E-state index in [1.807, 2.05) is 42.5 Å². The van der Waals surface area contributed by atoms with Crippen molar-refractivity contribution in [3.8, 4) is 0 Å². The first-order valence-corrected chi connectivity index (χ1v) is 9.90. The Morgan fingerprint density at radius 2 is 1.75 bits per heavy atom. The third kappa shape index (κ3) is 4.02. The average Bonchev–Trinajstić information content (AvgIpc) is 3.05. The molecule has 4 N–H and O–H groups in total. The van der Waals surface area contributed by atoms with Crippen LogP contribution in [-0.4, -0.2) is 34.0 Å². The number of benzene rings is 3. The molecule has 4 aromatic rings. The summed E-state index contributed by atoms with van der Waals surface area (Å²) in [5, 5.41) is 14.7. The van der Waals surface area contributed by atoms with Crippen LogP contribution in [0, 0.1) is 5.82 Å². The molecule has 0 atom stereocenters. The van der Waals surface area contributed by atoms with Gasteiger partial charge in [-0.2, -0.15) is 0 Å². The normalized spacial score (nSPS) is 11.0. The molecule has 1 aromatic heterocycles. The summed E-state index contributed by atoms with van der Waals surface area (Å²) in [7, 11) is 0. The Morgan fingerprint density at radius 1 is 1.00 bits per heavy atom. The summed E-state index contributed by atoms with van der Waals surface area (Å²) in [5.41, 5.74) is 6.51. The van der Waals surface area contributed by atoms with Crippen LogP contribution >= 0.6 is 0 Å². The van der Waals surface area contributed by atoms with Gasteiger partial charge >= 0.3 is 5.97 Å². The molecule has 0 radical (unpaired) electrons. The van der Waals surface area contributed by atoms with Crippen molar-refractivity contribution < 1.29 is 23.9 Å². The zero-order valence-electron chi connectivity index (χ0n) is 17.0. The van der Waals surface area contributed by atoms with Crippen LogP contribution in [0.3, 0.4) is 0 Å². The lowest BCUT2D eigenvalue weighted by Crippen LogP contribution is -2.34. The van der Waals surface area contributed by atoms with Crippen LogP contribution in [0.1, 0.15) is 21.6 Å². The minimum absolute atomic E-state index is 0.104. The number of nitrogens with zero attached hydrogens (tertiary/aromatic N) is 1. The van der Waals surface area contributed by atoms with E-state index in [0.29, 0.717) is 10.9 Å². The van der Waals surface area contributed by atoms with Gasteiger partial charge in [-0.1, -0.05) is 42.5 Å². The highest BCUT2D eigenvalue weighted by molar-refractivity contribution is 6.01. The fourth-order valence-corrected chi connectivity index (χ4v) is 3.99. The van der Waals surface area contributed by atoms with Crippen molar-refractivity contribution in [2.24, 2.45) is 5.73 Å². The van der Waals surface area contributed by atoms with Crippen molar-refractivity contribution in [3.05, 3.63) is 83.3 Å². The Morgan fingerprint density at radius 3 is 2.50 bits per heavy atom. The number of fused-ring (bicyclic) bond motifs is 2. The molecule has 0 saturated heterocycles. The predicted molar refractivity (Wildman–Crippen MR) is 118 cm³/mol. The van der Waals surface area contributed by atoms with Crippen molar-refractivity contribution in [1.29, 1.82) is 0 Å². The van der Waals surface area contributed by atoms with E-state index < -0.39 is 23.6 Å². The van der Waals surface area contributed by atoms with Crippen LogP contribution in [-0.2, 0) is 22.6 Å². The summed E-state index contributed by atoms with van der Waals surface area (Å²) in [5.74, 6) is -3.09. The summed E-state index contributed by atoms with van der Waals surface area (Å²) in [6.45, 7) is -0.154. The molecule has 0 aliphatic rings. The lowest BCUT2D eigenvalue weighted by atomic mass is 10.0. The van der Waals surface area contributed by atoms with Gasteiger partial charge in [0.2, 0.25) is 11.8 Å². The molecule has 0 aliphatic heterocycles. The number of aromatic carboxylic acids is 1. The maximum atomic E-state index is 14.1. The minimum Gasteiger partial charge on any atom is -0.477 e. The molecule has 2 amide bonds. The number of carbonyl (C=O) groups excluding carboxylic acids is 2. The molecule has 32 heavy (non-hydrogen) atoms. The average molecular weight is 433 g/mol. The number of carbonyl (C=O) groups is 3. The number of aromatic nitrogens is 1. The lowest BCUT2D eigenvalue weighted by molar-refractivity contribution is -0.124. The van der Waals surface area contributed by atoms with Crippen molar-refractivity contribution in [2.75, 3.05) is 6.54 Å². The predicted octanol–water partition coefficient (Wildman–Crippen LogP) is 2.82. The number of nitrogens with one attached hydrogen (secondary N) is 1. The highest BCUT2D eigenvalue weighted by atomic mass is 19.1. The number of hydrogen-bond donors (Lipinski definition) is 3. The standard InChI is InChI=1S/C24H20FN3O4/c25-16-8-9-20-18(10-16)19(11-22(30)27-12-21(26)29)23(24(31)32)28(20)13-15-6-3-5-14-4-1-2-7-17(14)15/h1-10H,11-13H2,(H2,26,29)(H,27,30)(H,31,32). The zero-order valence-corrected chi connectivity index (χ0v) is 17.0. The van der Waals surface area contributed by atoms with Gasteiger partial charge in [-0.25, -0.2) is 9.18 Å². The van der Waals surface area contributed by atoms with E-state index in [0.717, 1.165) is 16.3 Å². The topological polar surface area (TPSA) is 114 Å². The fourth-order valence-electron chi connectivity index (χ4n) is 3.99. The van der Waals surface area contributed by atoms with Gasteiger partial charge in [0.1, 0.15) is 11.5 Å². The van der Waals surface area contributed by atoms with E-state index in [2.05, 4.69) is 5.32 Å². The second kappa shape index (κ2) is 8.50. The van der Waals surface area contributed by atoms with Crippen LogP contribution in [0.2, 0.25) is 0 Å². The number of nitrogens with two attached hydrogens (primary N) is 1. The Labute approximate surface area is 182 Å². The van der Waals surface area contributed by atoms with E-state index in [1.54, 1.807) is 4.57 Å². The Balaban J connectivity index is 1.87. The largest absolute Gasteiger partial charge is 0.477 e. The molecule has 1 heterocycles. The Hall–Kier alpha value is -4.20. The van der Waals surface area contributed by atoms with E-state index in [-0.39, 0.29) is 30.8 Å². The van der Waals surface area contributed by atoms with Gasteiger partial charge in [0.05, 0.1) is 13.0 Å². The third-order valence-corrected chi connectivity index (χ3v) is 5.34. The Kier molecular flexibility index (Phi) is 5.59. The molecule has 4 rings (SSSR count). The maximum absolute atomic E-state index is 14.1. The summed E-state index contributed by atoms with van der Waals surface area (Å²) in [6.07, 6.45) is -0.336. The molecule has 0 spiro atoms. The first-order valence-electron chi connectivity index (χ1n) is 9.90. The molecule has 0 unspecified atom stereocenters. The molecule has 8 heteroatoms. The second-order valence-corrected chi connectivity index (χ2v) is 7.44. The van der Waals surface area contributed by atoms with Gasteiger partial charge in [-0.05, 0) is 34.5 Å². The second-order valence-electron chi connectivity index (χ2n) is 7.44. The van der Waals surface area contributed by atoms with E-state index in [4.69, 9.17) is 5.73 Å². The summed E-state index contributed by atoms with van der Waals surface area (Å²) >= 11 is 0. The van der Waals surface area contributed by atoms with Gasteiger partial charge < -0.3 is 20.7 Å². The monoisotopic (exact) mass is 433 g/mol. The number of carboxylic acid groups (broad SMARTS) is 1. The van der Waals surface area contributed by atoms with Crippen LogP contribution in [0.5, 0.6) is 0 Å².